The molecular weight excluding hydrogens is 319 g/mol. The highest BCUT2D eigenvalue weighted by atomic mass is 19.4. The van der Waals surface area contributed by atoms with Gasteiger partial charge in [-0.2, -0.15) is 13.2 Å². The molecule has 0 unspecified atom stereocenters. The van der Waals surface area contributed by atoms with Gasteiger partial charge in [0.15, 0.2) is 18.1 Å². The van der Waals surface area contributed by atoms with Gasteiger partial charge in [-0.1, -0.05) is 6.07 Å². The third-order valence-electron chi connectivity index (χ3n) is 2.45. The number of halogens is 3. The topological polar surface area (TPSA) is 84.9 Å². The van der Waals surface area contributed by atoms with Gasteiger partial charge in [0, 0.05) is 6.08 Å². The number of hydrogen-bond donors (Lipinski definition) is 2. The molecule has 0 radical (unpaired) electrons. The van der Waals surface area contributed by atoms with Gasteiger partial charge in [-0.05, 0) is 23.8 Å². The predicted octanol–water partition coefficient (Wildman–Crippen LogP) is 1.64. The first-order chi connectivity index (χ1) is 10.7. The third-order valence-corrected chi connectivity index (χ3v) is 2.45. The van der Waals surface area contributed by atoms with Crippen LogP contribution in [-0.2, 0) is 14.3 Å². The molecule has 0 aliphatic carbocycles. The first-order valence-electron chi connectivity index (χ1n) is 6.26. The second kappa shape index (κ2) is 8.06. The number of phenols is 1. The smallest absolute Gasteiger partial charge is 0.405 e. The van der Waals surface area contributed by atoms with E-state index in [0.29, 0.717) is 5.56 Å². The zero-order valence-electron chi connectivity index (χ0n) is 12.0. The van der Waals surface area contributed by atoms with Crippen LogP contribution in [-0.4, -0.2) is 43.4 Å². The Morgan fingerprint density at radius 3 is 2.65 bits per heavy atom. The number of aromatic hydroxyl groups is 1. The second-order valence-corrected chi connectivity index (χ2v) is 4.26. The number of rotatable bonds is 6. The van der Waals surface area contributed by atoms with Crippen LogP contribution in [0.5, 0.6) is 11.5 Å². The lowest BCUT2D eigenvalue weighted by molar-refractivity contribution is -0.148. The number of carbonyl (C=O) groups excluding carboxylic acids is 2. The van der Waals surface area contributed by atoms with Gasteiger partial charge >= 0.3 is 12.1 Å². The molecule has 0 atom stereocenters. The lowest BCUT2D eigenvalue weighted by Gasteiger charge is -2.08. The van der Waals surface area contributed by atoms with E-state index in [1.54, 1.807) is 5.32 Å². The van der Waals surface area contributed by atoms with Crippen molar-refractivity contribution in [2.75, 3.05) is 20.3 Å². The number of methoxy groups -OCH3 is 1. The number of nitrogens with one attached hydrogen (secondary N) is 1. The van der Waals surface area contributed by atoms with Crippen molar-refractivity contribution in [3.63, 3.8) is 0 Å². The van der Waals surface area contributed by atoms with Crippen LogP contribution < -0.4 is 10.1 Å². The third kappa shape index (κ3) is 7.21. The van der Waals surface area contributed by atoms with Crippen molar-refractivity contribution in [1.29, 1.82) is 0 Å². The van der Waals surface area contributed by atoms with Gasteiger partial charge in [0.2, 0.25) is 0 Å². The van der Waals surface area contributed by atoms with Crippen LogP contribution in [0.4, 0.5) is 13.2 Å². The molecule has 0 aromatic heterocycles. The van der Waals surface area contributed by atoms with Gasteiger partial charge in [0.25, 0.3) is 5.91 Å². The maximum absolute atomic E-state index is 11.9. The van der Waals surface area contributed by atoms with Crippen LogP contribution in [0.15, 0.2) is 24.3 Å². The number of esters is 1. The lowest BCUT2D eigenvalue weighted by atomic mass is 10.2. The number of benzene rings is 1. The zero-order valence-corrected chi connectivity index (χ0v) is 12.0. The van der Waals surface area contributed by atoms with Gasteiger partial charge < -0.3 is 19.9 Å². The summed E-state index contributed by atoms with van der Waals surface area (Å²) in [4.78, 5) is 22.4. The Labute approximate surface area is 129 Å². The van der Waals surface area contributed by atoms with Gasteiger partial charge in [-0.25, -0.2) is 4.79 Å². The van der Waals surface area contributed by atoms with Crippen LogP contribution in [0.1, 0.15) is 5.56 Å². The number of amides is 1. The highest BCUT2D eigenvalue weighted by Gasteiger charge is 2.27. The summed E-state index contributed by atoms with van der Waals surface area (Å²) in [5.41, 5.74) is 0.512. The molecule has 1 aromatic rings. The van der Waals surface area contributed by atoms with E-state index in [4.69, 9.17) is 4.74 Å². The van der Waals surface area contributed by atoms with Crippen LogP contribution in [0.3, 0.4) is 0 Å². The molecule has 0 heterocycles. The average Bonchev–Trinajstić information content (AvgIpc) is 2.49. The van der Waals surface area contributed by atoms with Crippen molar-refractivity contribution < 1.29 is 37.3 Å². The molecule has 9 heteroatoms. The minimum atomic E-state index is -4.53. The van der Waals surface area contributed by atoms with Crippen molar-refractivity contribution in [2.24, 2.45) is 0 Å². The SMILES string of the molecule is COc1cc(/C=C/C(=O)OCC(=O)NCC(F)(F)F)ccc1O. The van der Waals surface area contributed by atoms with Crippen LogP contribution in [0, 0.1) is 0 Å². The molecule has 0 spiro atoms. The largest absolute Gasteiger partial charge is 0.504 e. The van der Waals surface area contributed by atoms with E-state index in [9.17, 15) is 27.9 Å². The van der Waals surface area contributed by atoms with E-state index in [-0.39, 0.29) is 11.5 Å². The fourth-order valence-corrected chi connectivity index (χ4v) is 1.40. The van der Waals surface area contributed by atoms with Crippen LogP contribution in [0.2, 0.25) is 0 Å². The molecule has 23 heavy (non-hydrogen) atoms. The van der Waals surface area contributed by atoms with Gasteiger partial charge in [0.05, 0.1) is 7.11 Å². The van der Waals surface area contributed by atoms with Crippen molar-refractivity contribution in [1.82, 2.24) is 5.32 Å². The van der Waals surface area contributed by atoms with Gasteiger partial charge in [-0.15, -0.1) is 0 Å². The Hall–Kier alpha value is -2.71. The molecule has 1 amide bonds. The van der Waals surface area contributed by atoms with Crippen LogP contribution >= 0.6 is 0 Å². The highest BCUT2D eigenvalue weighted by molar-refractivity contribution is 5.89. The maximum atomic E-state index is 11.9. The molecule has 6 nitrogen and oxygen atoms in total. The monoisotopic (exact) mass is 333 g/mol. The number of phenolic OH excluding ortho intramolecular Hbond substituents is 1. The Balaban J connectivity index is 2.46. The van der Waals surface area contributed by atoms with Crippen molar-refractivity contribution >= 4 is 18.0 Å². The number of hydrogen-bond acceptors (Lipinski definition) is 5. The number of alkyl halides is 3. The van der Waals surface area contributed by atoms with E-state index in [0.717, 1.165) is 6.08 Å². The second-order valence-electron chi connectivity index (χ2n) is 4.26. The molecule has 1 aromatic carbocycles. The fourth-order valence-electron chi connectivity index (χ4n) is 1.40. The first kappa shape index (κ1) is 18.3. The van der Waals surface area contributed by atoms with E-state index >= 15 is 0 Å². The van der Waals surface area contributed by atoms with Crippen LogP contribution in [0.25, 0.3) is 6.08 Å². The van der Waals surface area contributed by atoms with Crippen molar-refractivity contribution in [3.8, 4) is 11.5 Å². The molecule has 0 saturated carbocycles. The summed E-state index contributed by atoms with van der Waals surface area (Å²) >= 11 is 0. The summed E-state index contributed by atoms with van der Waals surface area (Å²) in [6, 6.07) is 4.31. The van der Waals surface area contributed by atoms with Crippen molar-refractivity contribution in [2.45, 2.75) is 6.18 Å². The standard InChI is InChI=1S/C14H14F3NO5/c1-22-11-6-9(2-4-10(11)19)3-5-13(21)23-7-12(20)18-8-14(15,16)17/h2-6,19H,7-8H2,1H3,(H,18,20)/b5-3+. The summed E-state index contributed by atoms with van der Waals surface area (Å²) in [5.74, 6) is -1.84. The van der Waals surface area contributed by atoms with E-state index < -0.39 is 31.2 Å². The normalized spacial score (nSPS) is 11.3. The van der Waals surface area contributed by atoms with Crippen molar-refractivity contribution in [3.05, 3.63) is 29.8 Å². The Morgan fingerprint density at radius 1 is 1.35 bits per heavy atom. The Bertz CT molecular complexity index is 599. The van der Waals surface area contributed by atoms with E-state index in [1.807, 2.05) is 0 Å². The fraction of sp³-hybridized carbons (Fsp3) is 0.286. The minimum Gasteiger partial charge on any atom is -0.504 e. The average molecular weight is 333 g/mol. The quantitative estimate of drug-likeness (QED) is 0.611. The van der Waals surface area contributed by atoms with E-state index in [1.165, 1.54) is 31.4 Å². The first-order valence-corrected chi connectivity index (χ1v) is 6.26. The number of ether oxygens (including phenoxy) is 2. The molecule has 0 aliphatic rings. The molecule has 1 rings (SSSR count). The summed E-state index contributed by atoms with van der Waals surface area (Å²) in [6.45, 7) is -2.31. The summed E-state index contributed by atoms with van der Waals surface area (Å²) in [7, 11) is 1.36. The Kier molecular flexibility index (Phi) is 6.43. The maximum Gasteiger partial charge on any atom is 0.405 e. The summed E-state index contributed by atoms with van der Waals surface area (Å²) in [6.07, 6.45) is -2.21. The van der Waals surface area contributed by atoms with E-state index in [2.05, 4.69) is 4.74 Å². The molecule has 0 aliphatic heterocycles. The predicted molar refractivity (Wildman–Crippen MR) is 73.7 cm³/mol. The minimum absolute atomic E-state index is 0.0754. The zero-order chi connectivity index (χ0) is 17.5. The Morgan fingerprint density at radius 2 is 2.04 bits per heavy atom. The molecule has 2 N–H and O–H groups in total. The lowest BCUT2D eigenvalue weighted by Crippen LogP contribution is -2.36. The number of carbonyl (C=O) groups is 2. The molecular formula is C14H14F3NO5. The molecule has 0 bridgehead atoms. The highest BCUT2D eigenvalue weighted by Crippen LogP contribution is 2.26. The molecule has 126 valence electrons. The van der Waals surface area contributed by atoms with Gasteiger partial charge in [0.1, 0.15) is 6.54 Å². The summed E-state index contributed by atoms with van der Waals surface area (Å²) in [5, 5.41) is 11.0. The molecule has 0 saturated heterocycles. The molecule has 0 fully saturated rings. The van der Waals surface area contributed by atoms with Gasteiger partial charge in [-0.3, -0.25) is 4.79 Å². The summed E-state index contributed by atoms with van der Waals surface area (Å²) < 4.78 is 44.9.